The number of carbonyl (C=O) groups is 11. The Labute approximate surface area is 623 Å². The summed E-state index contributed by atoms with van der Waals surface area (Å²) in [6.45, 7) is 11.0. The van der Waals surface area contributed by atoms with E-state index in [1.807, 2.05) is 0 Å². The summed E-state index contributed by atoms with van der Waals surface area (Å²) in [5, 5.41) is 9.87. The van der Waals surface area contributed by atoms with Gasteiger partial charge in [-0.25, -0.2) is 4.79 Å². The largest absolute Gasteiger partial charge is 0.466 e. The van der Waals surface area contributed by atoms with Crippen LogP contribution in [0.25, 0.3) is 0 Å². The van der Waals surface area contributed by atoms with Crippen LogP contribution >= 0.6 is 0 Å². The SMILES string of the molecule is C=C(C)C(=O)OCCCC(O)OCCCCCC(=O)OCCCCCC(=O)OCCCCCC(=O)OCCCCCC(=O)OCCCCCC(=O)OCCCCCC(=O)OCCCCCC(=O)OCCCCCC(=O)OCCCCCC(=O)OCCCCCC(=O)OCCCCCCCCCCCC. The third-order valence-electron chi connectivity index (χ3n) is 16.9. The minimum atomic E-state index is -0.934. The maximum absolute atomic E-state index is 12.1. The lowest BCUT2D eigenvalue weighted by Crippen LogP contribution is -2.15. The zero-order chi connectivity index (χ0) is 76.2. The van der Waals surface area contributed by atoms with E-state index in [1.54, 1.807) is 6.92 Å². The molecule has 0 saturated carbocycles. The zero-order valence-electron chi connectivity index (χ0n) is 64.4. The molecule has 0 bridgehead atoms. The first kappa shape index (κ1) is 97.8. The normalized spacial score (nSPS) is 11.3. The molecule has 0 heterocycles. The molecule has 24 nitrogen and oxygen atoms in total. The van der Waals surface area contributed by atoms with Crippen LogP contribution in [0, 0.1) is 0 Å². The van der Waals surface area contributed by atoms with Crippen LogP contribution < -0.4 is 0 Å². The third-order valence-corrected chi connectivity index (χ3v) is 16.9. The van der Waals surface area contributed by atoms with Crippen LogP contribution in [0.1, 0.15) is 348 Å². The predicted octanol–water partition coefficient (Wildman–Crippen LogP) is 16.2. The highest BCUT2D eigenvalue weighted by atomic mass is 16.6. The van der Waals surface area contributed by atoms with Crippen LogP contribution in [0.15, 0.2) is 12.2 Å². The first-order valence-corrected chi connectivity index (χ1v) is 40.2. The van der Waals surface area contributed by atoms with E-state index in [-0.39, 0.29) is 138 Å². The Morgan fingerprint density at radius 1 is 0.231 bits per heavy atom. The Balaban J connectivity index is 3.52. The molecule has 0 aliphatic carbocycles. The van der Waals surface area contributed by atoms with Gasteiger partial charge in [-0.15, -0.1) is 0 Å². The van der Waals surface area contributed by atoms with Crippen molar-refractivity contribution >= 4 is 65.7 Å². The predicted molar refractivity (Wildman–Crippen MR) is 393 cm³/mol. The number of aliphatic hydroxyl groups is 1. The van der Waals surface area contributed by atoms with Crippen molar-refractivity contribution in [1.29, 1.82) is 0 Å². The molecule has 104 heavy (non-hydrogen) atoms. The monoisotopic (exact) mass is 1480 g/mol. The fourth-order valence-electron chi connectivity index (χ4n) is 10.5. The molecule has 0 aliphatic rings. The fourth-order valence-corrected chi connectivity index (χ4v) is 10.5. The van der Waals surface area contributed by atoms with Gasteiger partial charge in [-0.2, -0.15) is 0 Å². The molecule has 1 N–H and O–H groups in total. The number of esters is 11. The lowest BCUT2D eigenvalue weighted by molar-refractivity contribution is -0.146. The molecule has 0 aromatic carbocycles. The smallest absolute Gasteiger partial charge is 0.333 e. The van der Waals surface area contributed by atoms with Crippen molar-refractivity contribution in [3.63, 3.8) is 0 Å². The van der Waals surface area contributed by atoms with Crippen molar-refractivity contribution in [2.24, 2.45) is 0 Å². The standard InChI is InChI=1S/C80H138O24/c1-4-5-6-7-8-9-10-11-12-33-56-93-69(81)45-23-13-34-57-94-70(82)46-24-14-35-58-95-71(83)47-25-15-36-59-96-72(84)48-26-16-37-60-97-73(85)49-27-17-38-61-98-74(86)50-28-18-39-62-99-75(87)51-29-19-40-63-100-76(88)52-30-20-41-64-101-77(89)53-31-21-42-65-102-78(90)54-32-22-43-66-103-79(91)55-44-67-104-80(92)68(2)3/h79,91H,2,4-67H2,1,3H3. The Kier molecular flexibility index (Phi) is 70.6. The van der Waals surface area contributed by atoms with Gasteiger partial charge in [0.15, 0.2) is 6.29 Å². The molecule has 0 fully saturated rings. The second-order valence-electron chi connectivity index (χ2n) is 26.9. The van der Waals surface area contributed by atoms with Crippen LogP contribution in [-0.2, 0) is 110 Å². The number of aliphatic hydroxyl groups excluding tert-OH is 1. The molecule has 0 aromatic heterocycles. The van der Waals surface area contributed by atoms with E-state index in [1.165, 1.54) is 51.4 Å². The number of carbonyl (C=O) groups excluding carboxylic acids is 11. The van der Waals surface area contributed by atoms with Crippen molar-refractivity contribution < 1.29 is 115 Å². The van der Waals surface area contributed by atoms with E-state index < -0.39 is 12.3 Å². The lowest BCUT2D eigenvalue weighted by Gasteiger charge is -2.12. The summed E-state index contributed by atoms with van der Waals surface area (Å²) in [5.74, 6) is -3.07. The Morgan fingerprint density at radius 2 is 0.394 bits per heavy atom. The summed E-state index contributed by atoms with van der Waals surface area (Å²) in [4.78, 5) is 132. The van der Waals surface area contributed by atoms with Gasteiger partial charge >= 0.3 is 65.7 Å². The van der Waals surface area contributed by atoms with Gasteiger partial charge in [0.05, 0.1) is 72.7 Å². The molecule has 0 spiro atoms. The lowest BCUT2D eigenvalue weighted by atomic mass is 10.1. The molecule has 0 amide bonds. The summed E-state index contributed by atoms with van der Waals surface area (Å²) >= 11 is 0. The second kappa shape index (κ2) is 75.1. The van der Waals surface area contributed by atoms with Gasteiger partial charge in [-0.1, -0.05) is 77.7 Å². The van der Waals surface area contributed by atoms with Gasteiger partial charge in [-0.3, -0.25) is 47.9 Å². The van der Waals surface area contributed by atoms with Gasteiger partial charge in [0.1, 0.15) is 0 Å². The van der Waals surface area contributed by atoms with E-state index in [0.717, 1.165) is 64.2 Å². The molecule has 1 atom stereocenters. The highest BCUT2D eigenvalue weighted by Crippen LogP contribution is 2.15. The summed E-state index contributed by atoms with van der Waals surface area (Å²) < 4.78 is 63.4. The van der Waals surface area contributed by atoms with E-state index in [2.05, 4.69) is 13.5 Å². The molecule has 0 saturated heterocycles. The summed E-state index contributed by atoms with van der Waals surface area (Å²) in [6.07, 6.45) is 35.6. The third kappa shape index (κ3) is 74.1. The van der Waals surface area contributed by atoms with E-state index >= 15 is 0 Å². The molecule has 0 aliphatic heterocycles. The average molecular weight is 1480 g/mol. The van der Waals surface area contributed by atoms with Crippen LogP contribution in [0.2, 0.25) is 0 Å². The van der Waals surface area contributed by atoms with Gasteiger partial charge in [0, 0.05) is 82.8 Å². The fraction of sp³-hybridized carbons (Fsp3) is 0.838. The number of unbranched alkanes of at least 4 members (excludes halogenated alkanes) is 29. The maximum Gasteiger partial charge on any atom is 0.333 e. The average Bonchev–Trinajstić information content (AvgIpc) is 3.19. The van der Waals surface area contributed by atoms with Crippen molar-refractivity contribution in [1.82, 2.24) is 0 Å². The molecule has 602 valence electrons. The van der Waals surface area contributed by atoms with Crippen molar-refractivity contribution in [2.45, 2.75) is 354 Å². The van der Waals surface area contributed by atoms with Crippen LogP contribution in [0.4, 0.5) is 0 Å². The highest BCUT2D eigenvalue weighted by molar-refractivity contribution is 5.86. The van der Waals surface area contributed by atoms with Gasteiger partial charge in [-0.05, 0) is 206 Å². The van der Waals surface area contributed by atoms with Crippen molar-refractivity contribution in [3.05, 3.63) is 12.2 Å². The number of hydrogen-bond acceptors (Lipinski definition) is 24. The first-order chi connectivity index (χ1) is 50.5. The Morgan fingerprint density at radius 3 is 0.587 bits per heavy atom. The van der Waals surface area contributed by atoms with Gasteiger partial charge < -0.3 is 61.9 Å². The van der Waals surface area contributed by atoms with Crippen LogP contribution in [-0.4, -0.2) is 156 Å². The van der Waals surface area contributed by atoms with Crippen LogP contribution in [0.5, 0.6) is 0 Å². The second-order valence-corrected chi connectivity index (χ2v) is 26.9. The number of hydrogen-bond donors (Lipinski definition) is 1. The summed E-state index contributed by atoms with van der Waals surface area (Å²) in [6, 6.07) is 0. The van der Waals surface area contributed by atoms with Gasteiger partial charge in [0.25, 0.3) is 0 Å². The van der Waals surface area contributed by atoms with Crippen molar-refractivity contribution in [2.75, 3.05) is 79.3 Å². The maximum atomic E-state index is 12.1. The molecule has 1 unspecified atom stereocenters. The number of rotatable bonds is 77. The summed E-state index contributed by atoms with van der Waals surface area (Å²) in [7, 11) is 0. The quantitative estimate of drug-likeness (QED) is 0.0194. The molecule has 0 radical (unpaired) electrons. The topological polar surface area (TPSA) is 319 Å². The minimum Gasteiger partial charge on any atom is -0.466 e. The zero-order valence-corrected chi connectivity index (χ0v) is 64.4. The molecular weight excluding hydrogens is 1340 g/mol. The van der Waals surface area contributed by atoms with E-state index in [4.69, 9.17) is 56.8 Å². The van der Waals surface area contributed by atoms with Gasteiger partial charge in [0.2, 0.25) is 0 Å². The van der Waals surface area contributed by atoms with Crippen molar-refractivity contribution in [3.8, 4) is 0 Å². The Hall–Kier alpha value is -6.17. The molecule has 0 aromatic rings. The molecule has 24 heteroatoms. The van der Waals surface area contributed by atoms with Crippen LogP contribution in [0.3, 0.4) is 0 Å². The summed E-state index contributed by atoms with van der Waals surface area (Å²) in [5.41, 5.74) is 0.326. The first-order valence-electron chi connectivity index (χ1n) is 40.2. The molecule has 0 rings (SSSR count). The Bertz CT molecular complexity index is 2220. The minimum absolute atomic E-state index is 0.152. The molecular formula is C80H138O24. The number of ether oxygens (including phenoxy) is 12. The van der Waals surface area contributed by atoms with E-state index in [0.29, 0.717) is 225 Å². The van der Waals surface area contributed by atoms with E-state index in [9.17, 15) is 57.8 Å². The highest BCUT2D eigenvalue weighted by Gasteiger charge is 2.14.